The normalized spacial score (nSPS) is 11.8. The van der Waals surface area contributed by atoms with Crippen LogP contribution in [0.3, 0.4) is 0 Å². The fourth-order valence-electron chi connectivity index (χ4n) is 15.9. The van der Waals surface area contributed by atoms with Crippen molar-refractivity contribution in [3.63, 3.8) is 0 Å². The molecule has 0 bridgehead atoms. The van der Waals surface area contributed by atoms with Gasteiger partial charge in [-0.15, -0.1) is 0 Å². The Labute approximate surface area is 556 Å². The van der Waals surface area contributed by atoms with Crippen LogP contribution in [0.1, 0.15) is 39.2 Å². The molecule has 0 radical (unpaired) electrons. The van der Waals surface area contributed by atoms with Crippen molar-refractivity contribution < 1.29 is 0 Å². The Kier molecular flexibility index (Phi) is 12.9. The second-order valence-electron chi connectivity index (χ2n) is 26.1. The minimum absolute atomic E-state index is 0.556. The molecule has 0 aliphatic rings. The SMILES string of the molecule is Cc1ccc2c(c1)c1ccccc1n2-c1cccc(-c2c(C#N)c(-c3cccc(-n4c5ccccc5c5cc(C)ccc54)c3)c(-c3ccc(C)nc3C)c(-c3cccc(-n4c5ccccc5c5cc(C)ccc54)c3)c2-c2cccc(-n3c4ccccc4c4cc(C)ccc43)c2)c1. The zero-order valence-corrected chi connectivity index (χ0v) is 54.2. The van der Waals surface area contributed by atoms with E-state index in [4.69, 9.17) is 4.98 Å². The van der Waals surface area contributed by atoms with Crippen molar-refractivity contribution in [3.8, 4) is 84.5 Å². The molecule has 0 N–H and O–H groups in total. The van der Waals surface area contributed by atoms with E-state index in [1.807, 2.05) is 0 Å². The molecule has 454 valence electrons. The van der Waals surface area contributed by atoms with Gasteiger partial charge in [0.25, 0.3) is 0 Å². The molecule has 5 heterocycles. The van der Waals surface area contributed by atoms with Gasteiger partial charge < -0.3 is 18.3 Å². The van der Waals surface area contributed by atoms with Crippen LogP contribution in [-0.4, -0.2) is 23.3 Å². The molecule has 5 aromatic heterocycles. The highest BCUT2D eigenvalue weighted by molar-refractivity contribution is 6.15. The monoisotopic (exact) mass is 1230 g/mol. The zero-order chi connectivity index (χ0) is 64.6. The van der Waals surface area contributed by atoms with Crippen molar-refractivity contribution in [1.29, 1.82) is 5.26 Å². The maximum atomic E-state index is 12.9. The van der Waals surface area contributed by atoms with E-state index in [-0.39, 0.29) is 0 Å². The first-order valence-corrected chi connectivity index (χ1v) is 33.1. The zero-order valence-electron chi connectivity index (χ0n) is 54.2. The molecule has 96 heavy (non-hydrogen) atoms. The number of hydrogen-bond acceptors (Lipinski definition) is 2. The Morgan fingerprint density at radius 1 is 0.260 bits per heavy atom. The van der Waals surface area contributed by atoms with Crippen LogP contribution in [-0.2, 0) is 0 Å². The molecule has 0 unspecified atom stereocenters. The Hall–Kier alpha value is -12.3. The molecule has 0 aliphatic carbocycles. The number of fused-ring (bicyclic) bond motifs is 12. The van der Waals surface area contributed by atoms with E-state index in [1.165, 1.54) is 65.3 Å². The van der Waals surface area contributed by atoms with Gasteiger partial charge in [-0.2, -0.15) is 5.26 Å². The van der Waals surface area contributed by atoms with Crippen molar-refractivity contribution in [2.45, 2.75) is 41.5 Å². The lowest BCUT2D eigenvalue weighted by molar-refractivity contribution is 1.13. The van der Waals surface area contributed by atoms with Crippen LogP contribution in [0.5, 0.6) is 0 Å². The third-order valence-electron chi connectivity index (χ3n) is 20.0. The highest BCUT2D eigenvalue weighted by Gasteiger charge is 2.31. The maximum Gasteiger partial charge on any atom is 0.100 e. The average molecular weight is 1230 g/mol. The Bertz CT molecular complexity index is 6370. The summed E-state index contributed by atoms with van der Waals surface area (Å²) < 4.78 is 9.63. The molecule has 18 rings (SSSR count). The fourth-order valence-corrected chi connectivity index (χ4v) is 15.9. The summed E-state index contributed by atoms with van der Waals surface area (Å²) >= 11 is 0. The van der Waals surface area contributed by atoms with Gasteiger partial charge >= 0.3 is 0 Å². The van der Waals surface area contributed by atoms with Crippen LogP contribution >= 0.6 is 0 Å². The quantitative estimate of drug-likeness (QED) is 0.145. The summed E-state index contributed by atoms with van der Waals surface area (Å²) in [7, 11) is 0. The number of para-hydroxylation sites is 4. The lowest BCUT2D eigenvalue weighted by atomic mass is 9.75. The van der Waals surface area contributed by atoms with Crippen LogP contribution in [0.15, 0.2) is 279 Å². The summed E-state index contributed by atoms with van der Waals surface area (Å²) in [6.07, 6.45) is 0. The van der Waals surface area contributed by atoms with Gasteiger partial charge in [0.2, 0.25) is 0 Å². The second-order valence-corrected chi connectivity index (χ2v) is 26.1. The van der Waals surface area contributed by atoms with Gasteiger partial charge in [0, 0.05) is 99.5 Å². The molecule has 0 fully saturated rings. The molecule has 0 saturated carbocycles. The van der Waals surface area contributed by atoms with Crippen molar-refractivity contribution >= 4 is 87.2 Å². The topological polar surface area (TPSA) is 56.4 Å². The van der Waals surface area contributed by atoms with Crippen molar-refractivity contribution in [1.82, 2.24) is 23.3 Å². The lowest BCUT2D eigenvalue weighted by Crippen LogP contribution is -2.05. The molecule has 18 aromatic rings. The lowest BCUT2D eigenvalue weighted by Gasteiger charge is -2.27. The number of rotatable bonds is 9. The van der Waals surface area contributed by atoms with Crippen LogP contribution < -0.4 is 0 Å². The van der Waals surface area contributed by atoms with Gasteiger partial charge in [-0.05, 0) is 202 Å². The molecule has 13 aromatic carbocycles. The average Bonchev–Trinajstić information content (AvgIpc) is 1.05. The predicted molar refractivity (Wildman–Crippen MR) is 402 cm³/mol. The molecular weight excluding hydrogens is 1170 g/mol. The van der Waals surface area contributed by atoms with Crippen molar-refractivity contribution in [2.75, 3.05) is 0 Å². The van der Waals surface area contributed by atoms with Crippen molar-refractivity contribution in [3.05, 3.63) is 318 Å². The van der Waals surface area contributed by atoms with E-state index in [2.05, 4.69) is 345 Å². The predicted octanol–water partition coefficient (Wildman–Crippen LogP) is 23.5. The minimum Gasteiger partial charge on any atom is -0.309 e. The summed E-state index contributed by atoms with van der Waals surface area (Å²) in [5.74, 6) is 0. The number of hydrogen-bond donors (Lipinski definition) is 0. The van der Waals surface area contributed by atoms with E-state index in [1.54, 1.807) is 0 Å². The Balaban J connectivity index is 1.02. The molecule has 6 heteroatoms. The van der Waals surface area contributed by atoms with Crippen LogP contribution in [0.4, 0.5) is 0 Å². The smallest absolute Gasteiger partial charge is 0.100 e. The van der Waals surface area contributed by atoms with Gasteiger partial charge in [0.15, 0.2) is 0 Å². The van der Waals surface area contributed by atoms with Crippen LogP contribution in [0.2, 0.25) is 0 Å². The van der Waals surface area contributed by atoms with E-state index >= 15 is 0 Å². The van der Waals surface area contributed by atoms with Gasteiger partial charge in [0.05, 0.1) is 49.7 Å². The number of aryl methyl sites for hydroxylation is 6. The number of nitriles is 1. The van der Waals surface area contributed by atoms with Crippen LogP contribution in [0.25, 0.3) is 166 Å². The summed E-state index contributed by atoms with van der Waals surface area (Å²) in [4.78, 5) is 5.34. The summed E-state index contributed by atoms with van der Waals surface area (Å²) in [6, 6.07) is 106. The van der Waals surface area contributed by atoms with E-state index in [0.29, 0.717) is 5.56 Å². The third kappa shape index (κ3) is 8.74. The number of nitrogens with zero attached hydrogens (tertiary/aromatic N) is 6. The summed E-state index contributed by atoms with van der Waals surface area (Å²) in [5.41, 5.74) is 29.3. The Morgan fingerprint density at radius 2 is 0.552 bits per heavy atom. The minimum atomic E-state index is 0.556. The Morgan fingerprint density at radius 3 is 0.875 bits per heavy atom. The van der Waals surface area contributed by atoms with Crippen molar-refractivity contribution in [2.24, 2.45) is 0 Å². The van der Waals surface area contributed by atoms with Gasteiger partial charge in [-0.3, -0.25) is 4.98 Å². The molecule has 0 aliphatic heterocycles. The molecular formula is C90H64N6. The third-order valence-corrected chi connectivity index (χ3v) is 20.0. The highest BCUT2D eigenvalue weighted by Crippen LogP contribution is 2.55. The number of benzene rings is 13. The summed E-state index contributed by atoms with van der Waals surface area (Å²) in [6.45, 7) is 12.9. The molecule has 6 nitrogen and oxygen atoms in total. The molecule has 0 atom stereocenters. The van der Waals surface area contributed by atoms with Gasteiger partial charge in [-0.1, -0.05) is 174 Å². The largest absolute Gasteiger partial charge is 0.309 e. The van der Waals surface area contributed by atoms with Crippen LogP contribution in [0, 0.1) is 52.9 Å². The van der Waals surface area contributed by atoms with Gasteiger partial charge in [0.1, 0.15) is 6.07 Å². The van der Waals surface area contributed by atoms with Gasteiger partial charge in [-0.25, -0.2) is 0 Å². The first-order valence-electron chi connectivity index (χ1n) is 33.1. The summed E-state index contributed by atoms with van der Waals surface area (Å²) in [5, 5.41) is 22.5. The standard InChI is InChI=1S/C90H64N6/c1-54-35-41-82-73(45-54)69-27-7-11-31-78(69)93(82)64-23-15-19-60(49-64)86-77(53-91)87(61-20-16-24-65(50-61)94-79-32-12-8-28-70(79)74-46-55(2)36-42-83(74)94)90(68-40-39-58(5)92-59(68)6)89(63-22-18-26-67(52-63)96-81-34-14-10-30-72(81)76-48-57(4)38-44-85(76)96)88(86)62-21-17-25-66(51-62)95-80-33-13-9-29-71(80)75-47-56(3)37-43-84(75)95/h7-52H,1-6H3. The molecule has 0 saturated heterocycles. The first-order chi connectivity index (χ1) is 47.0. The number of pyridine rings is 1. The molecule has 0 spiro atoms. The van der Waals surface area contributed by atoms with E-state index in [9.17, 15) is 5.26 Å². The molecule has 0 amide bonds. The highest BCUT2D eigenvalue weighted by atomic mass is 15.0. The van der Waals surface area contributed by atoms with E-state index < -0.39 is 0 Å². The maximum absolute atomic E-state index is 12.9. The fraction of sp³-hybridized carbons (Fsp3) is 0.0667. The first kappa shape index (κ1) is 56.5. The second kappa shape index (κ2) is 21.9. The van der Waals surface area contributed by atoms with E-state index in [0.717, 1.165) is 134 Å². The number of aromatic nitrogens is 5.